The van der Waals surface area contributed by atoms with Crippen LogP contribution in [-0.4, -0.2) is 43.1 Å². The van der Waals surface area contributed by atoms with Crippen LogP contribution in [0.5, 0.6) is 0 Å². The number of sulfonamides is 1. The van der Waals surface area contributed by atoms with E-state index in [9.17, 15) is 30.8 Å². The van der Waals surface area contributed by atoms with E-state index in [0.29, 0.717) is 29.1 Å². The van der Waals surface area contributed by atoms with Gasteiger partial charge in [-0.25, -0.2) is 12.8 Å². The molecule has 1 aliphatic carbocycles. The van der Waals surface area contributed by atoms with E-state index in [4.69, 9.17) is 0 Å². The average molecular weight is 527 g/mol. The fourth-order valence-corrected chi connectivity index (χ4v) is 5.80. The quantitative estimate of drug-likeness (QED) is 0.449. The lowest BCUT2D eigenvalue weighted by Gasteiger charge is -2.19. The molecule has 2 N–H and O–H groups in total. The molecule has 1 unspecified atom stereocenters. The maximum atomic E-state index is 14.6. The second-order valence-corrected chi connectivity index (χ2v) is 10.7. The fraction of sp³-hybridized carbons (Fsp3) is 0.417. The molecule has 1 fully saturated rings. The SMILES string of the molecule is CNC(=O)c1c(-c2ccc(S(=O)(=O)NC(C)C(F)(F)F)cn2)n(C2CCCC2)c2cc(C)c(F)cc12. The molecule has 194 valence electrons. The Morgan fingerprint density at radius 3 is 2.42 bits per heavy atom. The van der Waals surface area contributed by atoms with Gasteiger partial charge in [0.25, 0.3) is 5.91 Å². The Morgan fingerprint density at radius 1 is 1.19 bits per heavy atom. The van der Waals surface area contributed by atoms with Crippen molar-refractivity contribution in [3.8, 4) is 11.4 Å². The van der Waals surface area contributed by atoms with Crippen molar-refractivity contribution in [2.24, 2.45) is 0 Å². The third kappa shape index (κ3) is 4.71. The minimum atomic E-state index is -4.75. The molecule has 7 nitrogen and oxygen atoms in total. The predicted octanol–water partition coefficient (Wildman–Crippen LogP) is 4.85. The number of amides is 1. The summed E-state index contributed by atoms with van der Waals surface area (Å²) in [6.07, 6.45) is -0.159. The normalized spacial score (nSPS) is 16.0. The number of carbonyl (C=O) groups excluding carboxylic acids is 1. The summed E-state index contributed by atoms with van der Waals surface area (Å²) >= 11 is 0. The Kier molecular flexibility index (Phi) is 6.86. The zero-order valence-electron chi connectivity index (χ0n) is 19.9. The maximum absolute atomic E-state index is 14.6. The Hall–Kier alpha value is -2.99. The number of benzene rings is 1. The third-order valence-corrected chi connectivity index (χ3v) is 8.07. The summed E-state index contributed by atoms with van der Waals surface area (Å²) in [6, 6.07) is 3.22. The van der Waals surface area contributed by atoms with Gasteiger partial charge in [0.2, 0.25) is 10.0 Å². The number of alkyl halides is 3. The highest BCUT2D eigenvalue weighted by Gasteiger charge is 2.39. The molecule has 1 atom stereocenters. The van der Waals surface area contributed by atoms with Crippen LogP contribution in [0.15, 0.2) is 35.4 Å². The van der Waals surface area contributed by atoms with E-state index >= 15 is 0 Å². The van der Waals surface area contributed by atoms with Gasteiger partial charge in [-0.1, -0.05) is 12.8 Å². The second-order valence-electron chi connectivity index (χ2n) is 8.99. The van der Waals surface area contributed by atoms with Crippen LogP contribution in [0.2, 0.25) is 0 Å². The van der Waals surface area contributed by atoms with E-state index in [-0.39, 0.29) is 17.3 Å². The average Bonchev–Trinajstić information content (AvgIpc) is 3.44. The molecule has 4 rings (SSSR count). The van der Waals surface area contributed by atoms with Crippen molar-refractivity contribution in [2.45, 2.75) is 62.7 Å². The summed E-state index contributed by atoms with van der Waals surface area (Å²) in [5, 5.41) is 2.98. The standard InChI is InChI=1S/C24H26F4N4O3S/c1-13-10-20-17(11-18(13)25)21(23(33)29-3)22(32(20)15-6-4-5-7-15)19-9-8-16(12-30-19)36(34,35)31-14(2)24(26,27)28/h8-12,14-15,31H,4-7H2,1-3H3,(H,29,33). The van der Waals surface area contributed by atoms with Crippen LogP contribution in [0.25, 0.3) is 22.3 Å². The van der Waals surface area contributed by atoms with Crippen molar-refractivity contribution < 1.29 is 30.8 Å². The van der Waals surface area contributed by atoms with Gasteiger partial charge in [-0.2, -0.15) is 17.9 Å². The van der Waals surface area contributed by atoms with Gasteiger partial charge in [-0.05, 0) is 56.5 Å². The zero-order chi connectivity index (χ0) is 26.4. The van der Waals surface area contributed by atoms with E-state index in [1.165, 1.54) is 19.2 Å². The van der Waals surface area contributed by atoms with Crippen molar-refractivity contribution in [2.75, 3.05) is 7.05 Å². The Labute approximate surface area is 206 Å². The summed E-state index contributed by atoms with van der Waals surface area (Å²) in [6.45, 7) is 2.34. The Bertz CT molecular complexity index is 1410. The van der Waals surface area contributed by atoms with Crippen LogP contribution >= 0.6 is 0 Å². The highest BCUT2D eigenvalue weighted by molar-refractivity contribution is 7.89. The molecule has 36 heavy (non-hydrogen) atoms. The minimum absolute atomic E-state index is 0.0188. The number of nitrogens with one attached hydrogen (secondary N) is 2. The van der Waals surface area contributed by atoms with Gasteiger partial charge in [0.15, 0.2) is 0 Å². The molecule has 2 heterocycles. The Balaban J connectivity index is 1.89. The van der Waals surface area contributed by atoms with Crippen LogP contribution in [0, 0.1) is 12.7 Å². The summed E-state index contributed by atoms with van der Waals surface area (Å²) in [5.74, 6) is -0.934. The molecule has 0 spiro atoms. The summed E-state index contributed by atoms with van der Waals surface area (Å²) in [5.41, 5.74) is 1.92. The van der Waals surface area contributed by atoms with Crippen molar-refractivity contribution in [3.05, 3.63) is 47.4 Å². The van der Waals surface area contributed by atoms with Crippen molar-refractivity contribution in [1.29, 1.82) is 0 Å². The number of rotatable bonds is 6. The van der Waals surface area contributed by atoms with Crippen LogP contribution < -0.4 is 10.0 Å². The van der Waals surface area contributed by atoms with Gasteiger partial charge in [-0.3, -0.25) is 9.78 Å². The van der Waals surface area contributed by atoms with E-state index in [1.54, 1.807) is 17.7 Å². The predicted molar refractivity (Wildman–Crippen MR) is 127 cm³/mol. The number of carbonyl (C=O) groups is 1. The summed E-state index contributed by atoms with van der Waals surface area (Å²) < 4.78 is 81.7. The number of aryl methyl sites for hydroxylation is 1. The lowest BCUT2D eigenvalue weighted by molar-refractivity contribution is -0.147. The lowest BCUT2D eigenvalue weighted by Crippen LogP contribution is -2.42. The molecule has 2 aromatic heterocycles. The van der Waals surface area contributed by atoms with E-state index in [1.807, 2.05) is 4.57 Å². The molecule has 1 aliphatic rings. The number of pyridine rings is 1. The van der Waals surface area contributed by atoms with Crippen molar-refractivity contribution >= 4 is 26.8 Å². The van der Waals surface area contributed by atoms with Gasteiger partial charge >= 0.3 is 6.18 Å². The minimum Gasteiger partial charge on any atom is -0.355 e. The number of aromatic nitrogens is 2. The first-order chi connectivity index (χ1) is 16.8. The van der Waals surface area contributed by atoms with Gasteiger partial charge < -0.3 is 9.88 Å². The first-order valence-corrected chi connectivity index (χ1v) is 12.9. The molecule has 0 radical (unpaired) electrons. The monoisotopic (exact) mass is 526 g/mol. The fourth-order valence-electron chi connectivity index (χ4n) is 4.63. The third-order valence-electron chi connectivity index (χ3n) is 6.54. The molecule has 0 aliphatic heterocycles. The van der Waals surface area contributed by atoms with Gasteiger partial charge in [0.05, 0.1) is 22.5 Å². The zero-order valence-corrected chi connectivity index (χ0v) is 20.7. The smallest absolute Gasteiger partial charge is 0.355 e. The first kappa shape index (κ1) is 26.1. The van der Waals surface area contributed by atoms with Crippen LogP contribution in [0.1, 0.15) is 54.6 Å². The van der Waals surface area contributed by atoms with Crippen LogP contribution in [-0.2, 0) is 10.0 Å². The van der Waals surface area contributed by atoms with Crippen LogP contribution in [0.3, 0.4) is 0 Å². The van der Waals surface area contributed by atoms with E-state index in [2.05, 4.69) is 10.3 Å². The lowest BCUT2D eigenvalue weighted by atomic mass is 10.1. The van der Waals surface area contributed by atoms with Gasteiger partial charge in [-0.15, -0.1) is 0 Å². The summed E-state index contributed by atoms with van der Waals surface area (Å²) in [7, 11) is -3.05. The summed E-state index contributed by atoms with van der Waals surface area (Å²) in [4.78, 5) is 16.8. The van der Waals surface area contributed by atoms with E-state index in [0.717, 1.165) is 37.9 Å². The number of fused-ring (bicyclic) bond motifs is 1. The molecule has 0 bridgehead atoms. The molecular weight excluding hydrogens is 500 g/mol. The topological polar surface area (TPSA) is 93.1 Å². The van der Waals surface area contributed by atoms with Crippen LogP contribution in [0.4, 0.5) is 17.6 Å². The number of hydrogen-bond donors (Lipinski definition) is 2. The van der Waals surface area contributed by atoms with Crippen molar-refractivity contribution in [1.82, 2.24) is 19.6 Å². The molecule has 1 aromatic carbocycles. The number of nitrogens with zero attached hydrogens (tertiary/aromatic N) is 2. The highest BCUT2D eigenvalue weighted by Crippen LogP contribution is 2.41. The largest absolute Gasteiger partial charge is 0.404 e. The maximum Gasteiger partial charge on any atom is 0.404 e. The Morgan fingerprint density at radius 2 is 1.86 bits per heavy atom. The second kappa shape index (κ2) is 9.47. The number of hydrogen-bond acceptors (Lipinski definition) is 4. The van der Waals surface area contributed by atoms with E-state index < -0.39 is 38.9 Å². The van der Waals surface area contributed by atoms with Gasteiger partial charge in [0.1, 0.15) is 16.8 Å². The molecule has 3 aromatic rings. The molecule has 1 saturated carbocycles. The first-order valence-electron chi connectivity index (χ1n) is 11.5. The molecule has 12 heteroatoms. The number of halogens is 4. The van der Waals surface area contributed by atoms with Gasteiger partial charge in [0, 0.05) is 24.7 Å². The molecule has 1 amide bonds. The van der Waals surface area contributed by atoms with Crippen molar-refractivity contribution in [3.63, 3.8) is 0 Å². The molecular formula is C24H26F4N4O3S. The molecule has 0 saturated heterocycles. The highest BCUT2D eigenvalue weighted by atomic mass is 32.2.